The molecule has 8 nitrogen and oxygen atoms in total. The number of nitrogens with one attached hydrogen (secondary N) is 2. The van der Waals surface area contributed by atoms with E-state index in [1.807, 2.05) is 37.3 Å². The lowest BCUT2D eigenvalue weighted by atomic mass is 10.0. The minimum Gasteiger partial charge on any atom is -0.355 e. The summed E-state index contributed by atoms with van der Waals surface area (Å²) in [6, 6.07) is 13.3. The molecule has 1 aromatic heterocycles. The maximum atomic E-state index is 12.5. The number of aromatic nitrogens is 2. The standard InChI is InChI=1S/C24H30N4O4S/c1-16(2)19-7-9-20(10-8-19)24-27-23(32-28-24)12-11-22(29)25-13-14-26-33(30,31)21-15-17(3)5-6-18(21)4/h5-10,15-16,26H,11-14H2,1-4H3,(H,25,29). The molecule has 3 aromatic rings. The molecule has 2 aromatic carbocycles. The summed E-state index contributed by atoms with van der Waals surface area (Å²) in [7, 11) is -3.63. The number of aryl methyl sites for hydroxylation is 3. The Morgan fingerprint density at radius 3 is 2.48 bits per heavy atom. The largest absolute Gasteiger partial charge is 0.355 e. The summed E-state index contributed by atoms with van der Waals surface area (Å²) in [5.41, 5.74) is 3.63. The van der Waals surface area contributed by atoms with Crippen LogP contribution >= 0.6 is 0 Å². The molecule has 1 heterocycles. The van der Waals surface area contributed by atoms with Gasteiger partial charge in [0.2, 0.25) is 27.6 Å². The molecular weight excluding hydrogens is 440 g/mol. The van der Waals surface area contributed by atoms with Crippen LogP contribution in [0, 0.1) is 13.8 Å². The summed E-state index contributed by atoms with van der Waals surface area (Å²) in [5, 5.41) is 6.69. The summed E-state index contributed by atoms with van der Waals surface area (Å²) in [4.78, 5) is 16.7. The molecule has 0 atom stereocenters. The zero-order chi connectivity index (χ0) is 24.0. The average molecular weight is 471 g/mol. The Morgan fingerprint density at radius 1 is 1.06 bits per heavy atom. The van der Waals surface area contributed by atoms with Gasteiger partial charge in [-0.15, -0.1) is 0 Å². The number of rotatable bonds is 10. The van der Waals surface area contributed by atoms with E-state index >= 15 is 0 Å². The van der Waals surface area contributed by atoms with E-state index < -0.39 is 10.0 Å². The normalized spacial score (nSPS) is 11.7. The molecule has 0 aliphatic rings. The highest BCUT2D eigenvalue weighted by Crippen LogP contribution is 2.21. The van der Waals surface area contributed by atoms with Crippen LogP contribution < -0.4 is 10.0 Å². The molecule has 0 bridgehead atoms. The summed E-state index contributed by atoms with van der Waals surface area (Å²) >= 11 is 0. The van der Waals surface area contributed by atoms with Crippen molar-refractivity contribution in [2.24, 2.45) is 0 Å². The number of nitrogens with zero attached hydrogens (tertiary/aromatic N) is 2. The van der Waals surface area contributed by atoms with E-state index in [9.17, 15) is 13.2 Å². The molecule has 0 unspecified atom stereocenters. The summed E-state index contributed by atoms with van der Waals surface area (Å²) in [6.45, 7) is 8.13. The molecule has 33 heavy (non-hydrogen) atoms. The van der Waals surface area contributed by atoms with Gasteiger partial charge in [0.15, 0.2) is 0 Å². The van der Waals surface area contributed by atoms with E-state index in [-0.39, 0.29) is 30.3 Å². The first-order valence-electron chi connectivity index (χ1n) is 10.9. The fraction of sp³-hybridized carbons (Fsp3) is 0.375. The first-order valence-corrected chi connectivity index (χ1v) is 12.4. The van der Waals surface area contributed by atoms with Crippen molar-refractivity contribution in [2.75, 3.05) is 13.1 Å². The van der Waals surface area contributed by atoms with Crippen LogP contribution in [0.4, 0.5) is 0 Å². The zero-order valence-electron chi connectivity index (χ0n) is 19.4. The maximum Gasteiger partial charge on any atom is 0.240 e. The van der Waals surface area contributed by atoms with Crippen molar-refractivity contribution in [3.8, 4) is 11.4 Å². The molecule has 9 heteroatoms. The van der Waals surface area contributed by atoms with Crippen molar-refractivity contribution >= 4 is 15.9 Å². The Morgan fingerprint density at radius 2 is 1.79 bits per heavy atom. The predicted octanol–water partition coefficient (Wildman–Crippen LogP) is 3.50. The highest BCUT2D eigenvalue weighted by atomic mass is 32.2. The summed E-state index contributed by atoms with van der Waals surface area (Å²) < 4.78 is 32.7. The minimum absolute atomic E-state index is 0.0958. The van der Waals surface area contributed by atoms with Crippen molar-refractivity contribution in [1.82, 2.24) is 20.2 Å². The number of benzene rings is 2. The fourth-order valence-electron chi connectivity index (χ4n) is 3.26. The molecule has 0 aliphatic heterocycles. The monoisotopic (exact) mass is 470 g/mol. The van der Waals surface area contributed by atoms with Crippen LogP contribution in [0.5, 0.6) is 0 Å². The summed E-state index contributed by atoms with van der Waals surface area (Å²) in [6.07, 6.45) is 0.467. The van der Waals surface area contributed by atoms with E-state index in [4.69, 9.17) is 4.52 Å². The van der Waals surface area contributed by atoms with Gasteiger partial charge >= 0.3 is 0 Å². The van der Waals surface area contributed by atoms with Crippen molar-refractivity contribution < 1.29 is 17.7 Å². The van der Waals surface area contributed by atoms with Crippen LogP contribution in [0.3, 0.4) is 0 Å². The molecule has 0 radical (unpaired) electrons. The smallest absolute Gasteiger partial charge is 0.240 e. The Labute approximate surface area is 194 Å². The third-order valence-electron chi connectivity index (χ3n) is 5.24. The van der Waals surface area contributed by atoms with Crippen molar-refractivity contribution in [3.05, 3.63) is 65.0 Å². The van der Waals surface area contributed by atoms with Crippen molar-refractivity contribution in [2.45, 2.75) is 51.3 Å². The predicted molar refractivity (Wildman–Crippen MR) is 126 cm³/mol. The molecule has 0 saturated carbocycles. The third kappa shape index (κ3) is 6.72. The molecule has 2 N–H and O–H groups in total. The van der Waals surface area contributed by atoms with Crippen LogP contribution in [0.2, 0.25) is 0 Å². The number of hydrogen-bond acceptors (Lipinski definition) is 6. The van der Waals surface area contributed by atoms with Crippen LogP contribution in [-0.2, 0) is 21.2 Å². The van der Waals surface area contributed by atoms with Gasteiger partial charge in [0.05, 0.1) is 4.90 Å². The van der Waals surface area contributed by atoms with Crippen molar-refractivity contribution in [3.63, 3.8) is 0 Å². The maximum absolute atomic E-state index is 12.5. The van der Waals surface area contributed by atoms with Gasteiger partial charge in [0.1, 0.15) is 0 Å². The van der Waals surface area contributed by atoms with Gasteiger partial charge in [0.25, 0.3) is 0 Å². The second-order valence-corrected chi connectivity index (χ2v) is 10.0. The molecule has 1 amide bonds. The Hall–Kier alpha value is -3.04. The third-order valence-corrected chi connectivity index (χ3v) is 6.85. The summed E-state index contributed by atoms with van der Waals surface area (Å²) in [5.74, 6) is 1.09. The first kappa shape index (κ1) is 24.6. The van der Waals surface area contributed by atoms with Gasteiger partial charge in [-0.25, -0.2) is 13.1 Å². The highest BCUT2D eigenvalue weighted by Gasteiger charge is 2.16. The molecule has 0 fully saturated rings. The minimum atomic E-state index is -3.63. The second-order valence-electron chi connectivity index (χ2n) is 8.31. The molecule has 0 aliphatic carbocycles. The van der Waals surface area contributed by atoms with Gasteiger partial charge in [-0.2, -0.15) is 4.98 Å². The fourth-order valence-corrected chi connectivity index (χ4v) is 4.62. The highest BCUT2D eigenvalue weighted by molar-refractivity contribution is 7.89. The number of carbonyl (C=O) groups is 1. The first-order chi connectivity index (χ1) is 15.7. The van der Waals surface area contributed by atoms with Crippen LogP contribution in [-0.4, -0.2) is 37.6 Å². The number of sulfonamides is 1. The molecule has 3 rings (SSSR count). The van der Waals surface area contributed by atoms with Gasteiger partial charge in [0, 0.05) is 31.5 Å². The van der Waals surface area contributed by atoms with E-state index in [2.05, 4.69) is 34.0 Å². The lowest BCUT2D eigenvalue weighted by Crippen LogP contribution is -2.35. The van der Waals surface area contributed by atoms with E-state index in [1.165, 1.54) is 5.56 Å². The van der Waals surface area contributed by atoms with Gasteiger partial charge in [-0.3, -0.25) is 4.79 Å². The van der Waals surface area contributed by atoms with Gasteiger partial charge in [-0.05, 0) is 42.5 Å². The Bertz CT molecular complexity index is 1200. The SMILES string of the molecule is Cc1ccc(C)c(S(=O)(=O)NCCNC(=O)CCc2nc(-c3ccc(C(C)C)cc3)no2)c1. The molecule has 0 saturated heterocycles. The second kappa shape index (κ2) is 10.7. The van der Waals surface area contributed by atoms with Gasteiger partial charge < -0.3 is 9.84 Å². The number of hydrogen-bond donors (Lipinski definition) is 2. The average Bonchev–Trinajstić information content (AvgIpc) is 3.26. The van der Waals surface area contributed by atoms with Crippen molar-refractivity contribution in [1.29, 1.82) is 0 Å². The van der Waals surface area contributed by atoms with Crippen LogP contribution in [0.15, 0.2) is 51.9 Å². The molecule has 0 spiro atoms. The van der Waals surface area contributed by atoms with E-state index in [0.29, 0.717) is 29.6 Å². The van der Waals surface area contributed by atoms with Crippen LogP contribution in [0.1, 0.15) is 48.8 Å². The lowest BCUT2D eigenvalue weighted by Gasteiger charge is -2.10. The quantitative estimate of drug-likeness (QED) is 0.438. The van der Waals surface area contributed by atoms with E-state index in [0.717, 1.165) is 11.1 Å². The topological polar surface area (TPSA) is 114 Å². The number of carbonyl (C=O) groups excluding carboxylic acids is 1. The lowest BCUT2D eigenvalue weighted by molar-refractivity contribution is -0.121. The molecular formula is C24H30N4O4S. The van der Waals surface area contributed by atoms with Gasteiger partial charge in [-0.1, -0.05) is 55.4 Å². The number of amides is 1. The zero-order valence-corrected chi connectivity index (χ0v) is 20.2. The van der Waals surface area contributed by atoms with Crippen LogP contribution in [0.25, 0.3) is 11.4 Å². The van der Waals surface area contributed by atoms with E-state index in [1.54, 1.807) is 19.1 Å². The molecule has 176 valence electrons. The Kier molecular flexibility index (Phi) is 7.99. The Balaban J connectivity index is 1.43.